The molecule has 0 saturated carbocycles. The van der Waals surface area contributed by atoms with Crippen molar-refractivity contribution in [2.75, 3.05) is 5.32 Å². The van der Waals surface area contributed by atoms with Crippen LogP contribution in [0, 0.1) is 6.92 Å². The third kappa shape index (κ3) is 3.31. The highest BCUT2D eigenvalue weighted by Crippen LogP contribution is 2.38. The SMILES string of the molecule is CC1=NS(=O)N=C1Nc1cc(C2C(C)=C(C)NC(C)=C2C)ccc1C. The van der Waals surface area contributed by atoms with Gasteiger partial charge in [-0.15, -0.1) is 4.40 Å². The zero-order chi connectivity index (χ0) is 18.3. The molecule has 3 rings (SSSR count). The van der Waals surface area contributed by atoms with E-state index in [4.69, 9.17) is 0 Å². The van der Waals surface area contributed by atoms with Gasteiger partial charge in [-0.05, 0) is 69.9 Å². The number of rotatable bonds is 2. The first-order valence-electron chi connectivity index (χ1n) is 8.33. The predicted molar refractivity (Wildman–Crippen MR) is 106 cm³/mol. The molecule has 0 saturated heterocycles. The maximum absolute atomic E-state index is 11.5. The van der Waals surface area contributed by atoms with Crippen molar-refractivity contribution >= 4 is 28.4 Å². The van der Waals surface area contributed by atoms with Gasteiger partial charge in [0.15, 0.2) is 5.84 Å². The molecule has 0 aliphatic carbocycles. The molecule has 0 fully saturated rings. The Morgan fingerprint density at radius 1 is 1.00 bits per heavy atom. The first kappa shape index (κ1) is 17.6. The molecule has 2 aliphatic heterocycles. The van der Waals surface area contributed by atoms with E-state index in [-0.39, 0.29) is 5.92 Å². The first-order valence-corrected chi connectivity index (χ1v) is 9.40. The van der Waals surface area contributed by atoms with Gasteiger partial charge in [0.25, 0.3) is 11.2 Å². The molecule has 1 atom stereocenters. The summed E-state index contributed by atoms with van der Waals surface area (Å²) in [4.78, 5) is 0. The van der Waals surface area contributed by atoms with Gasteiger partial charge in [0.1, 0.15) is 0 Å². The summed E-state index contributed by atoms with van der Waals surface area (Å²) in [6, 6.07) is 6.46. The number of hydrogen-bond acceptors (Lipinski definition) is 3. The molecular formula is C19H24N4OS. The van der Waals surface area contributed by atoms with Crippen LogP contribution in [0.1, 0.15) is 51.7 Å². The Bertz CT molecular complexity index is 869. The van der Waals surface area contributed by atoms with Crippen molar-refractivity contribution in [2.45, 2.75) is 47.5 Å². The number of nitrogens with zero attached hydrogens (tertiary/aromatic N) is 2. The molecule has 0 aromatic heterocycles. The summed E-state index contributed by atoms with van der Waals surface area (Å²) in [6.07, 6.45) is 0. The summed E-state index contributed by atoms with van der Waals surface area (Å²) in [7, 11) is 0. The van der Waals surface area contributed by atoms with E-state index >= 15 is 0 Å². The highest BCUT2D eigenvalue weighted by Gasteiger charge is 2.24. The largest absolute Gasteiger partial charge is 0.363 e. The van der Waals surface area contributed by atoms with Crippen LogP contribution < -0.4 is 10.6 Å². The van der Waals surface area contributed by atoms with Crippen molar-refractivity contribution in [1.82, 2.24) is 5.32 Å². The fourth-order valence-electron chi connectivity index (χ4n) is 3.26. The summed E-state index contributed by atoms with van der Waals surface area (Å²) in [5, 5.41) is 6.75. The monoisotopic (exact) mass is 356 g/mol. The van der Waals surface area contributed by atoms with Crippen LogP contribution in [-0.4, -0.2) is 15.8 Å². The van der Waals surface area contributed by atoms with Crippen LogP contribution >= 0.6 is 0 Å². The molecule has 2 heterocycles. The third-order valence-corrected chi connectivity index (χ3v) is 5.77. The number of aryl methyl sites for hydroxylation is 1. The molecule has 1 aromatic carbocycles. The summed E-state index contributed by atoms with van der Waals surface area (Å²) in [5.74, 6) is 0.840. The van der Waals surface area contributed by atoms with E-state index in [1.54, 1.807) is 0 Å². The van der Waals surface area contributed by atoms with Gasteiger partial charge >= 0.3 is 0 Å². The number of anilines is 1. The lowest BCUT2D eigenvalue weighted by atomic mass is 9.81. The molecule has 2 aliphatic rings. The van der Waals surface area contributed by atoms with Crippen LogP contribution in [0.25, 0.3) is 0 Å². The van der Waals surface area contributed by atoms with E-state index in [0.717, 1.165) is 11.3 Å². The lowest BCUT2D eigenvalue weighted by Gasteiger charge is -2.30. The number of amidine groups is 1. The average Bonchev–Trinajstić information content (AvgIpc) is 2.86. The molecule has 0 bridgehead atoms. The number of allylic oxidation sites excluding steroid dienone is 4. The standard InChI is InChI=1S/C19H24N4OS/c1-10-7-8-16(18-11(2)13(4)20-14(5)12(18)3)9-17(10)21-19-15(6)22-25(24)23-19/h7-9,18,20H,1-6H3,(H,21,23). The molecular weight excluding hydrogens is 332 g/mol. The summed E-state index contributed by atoms with van der Waals surface area (Å²) in [6.45, 7) is 12.5. The minimum absolute atomic E-state index is 0.261. The minimum Gasteiger partial charge on any atom is -0.363 e. The highest BCUT2D eigenvalue weighted by molar-refractivity contribution is 7.83. The van der Waals surface area contributed by atoms with Crippen LogP contribution in [-0.2, 0) is 11.2 Å². The van der Waals surface area contributed by atoms with Crippen molar-refractivity contribution < 1.29 is 4.21 Å². The number of benzene rings is 1. The third-order valence-electron chi connectivity index (χ3n) is 5.00. The van der Waals surface area contributed by atoms with E-state index in [2.05, 4.69) is 72.2 Å². The van der Waals surface area contributed by atoms with Gasteiger partial charge in [-0.1, -0.05) is 12.1 Å². The quantitative estimate of drug-likeness (QED) is 0.837. The first-order chi connectivity index (χ1) is 11.8. The van der Waals surface area contributed by atoms with Gasteiger partial charge < -0.3 is 10.6 Å². The van der Waals surface area contributed by atoms with E-state index in [1.165, 1.54) is 28.1 Å². The topological polar surface area (TPSA) is 65.8 Å². The second kappa shape index (κ2) is 6.59. The van der Waals surface area contributed by atoms with Crippen LogP contribution in [0.15, 0.2) is 49.5 Å². The summed E-state index contributed by atoms with van der Waals surface area (Å²) >= 11 is -1.50. The van der Waals surface area contributed by atoms with E-state index in [0.29, 0.717) is 11.5 Å². The molecule has 5 nitrogen and oxygen atoms in total. The van der Waals surface area contributed by atoms with Gasteiger partial charge in [-0.2, -0.15) is 4.40 Å². The van der Waals surface area contributed by atoms with Crippen molar-refractivity contribution in [2.24, 2.45) is 8.80 Å². The Labute approximate surface area is 151 Å². The highest BCUT2D eigenvalue weighted by atomic mass is 32.2. The Balaban J connectivity index is 2.00. The number of nitrogens with one attached hydrogen (secondary N) is 2. The molecule has 0 amide bonds. The molecule has 0 radical (unpaired) electrons. The van der Waals surface area contributed by atoms with Crippen molar-refractivity contribution in [1.29, 1.82) is 0 Å². The second-order valence-corrected chi connectivity index (χ2v) is 7.55. The van der Waals surface area contributed by atoms with Gasteiger partial charge in [0.05, 0.1) is 5.71 Å². The number of dihydropyridines is 1. The van der Waals surface area contributed by atoms with Crippen LogP contribution in [0.5, 0.6) is 0 Å². The van der Waals surface area contributed by atoms with Gasteiger partial charge in [-0.25, -0.2) is 4.21 Å². The van der Waals surface area contributed by atoms with Crippen LogP contribution in [0.3, 0.4) is 0 Å². The van der Waals surface area contributed by atoms with E-state index in [9.17, 15) is 4.21 Å². The normalized spacial score (nSPS) is 21.3. The van der Waals surface area contributed by atoms with Crippen molar-refractivity contribution in [3.63, 3.8) is 0 Å². The van der Waals surface area contributed by atoms with Crippen molar-refractivity contribution in [3.8, 4) is 0 Å². The smallest absolute Gasteiger partial charge is 0.267 e. The maximum atomic E-state index is 11.5. The molecule has 0 spiro atoms. The molecule has 1 unspecified atom stereocenters. The fraction of sp³-hybridized carbons (Fsp3) is 0.368. The van der Waals surface area contributed by atoms with Gasteiger partial charge in [0.2, 0.25) is 0 Å². The number of hydrogen-bond donors (Lipinski definition) is 2. The van der Waals surface area contributed by atoms with Gasteiger partial charge in [-0.3, -0.25) is 0 Å². The van der Waals surface area contributed by atoms with E-state index in [1.807, 2.05) is 6.92 Å². The molecule has 1 aromatic rings. The zero-order valence-corrected chi connectivity index (χ0v) is 16.3. The summed E-state index contributed by atoms with van der Waals surface area (Å²) in [5.41, 5.74) is 9.07. The van der Waals surface area contributed by atoms with Crippen LogP contribution in [0.4, 0.5) is 5.69 Å². The molecule has 132 valence electrons. The molecule has 6 heteroatoms. The van der Waals surface area contributed by atoms with Crippen LogP contribution in [0.2, 0.25) is 0 Å². The Morgan fingerprint density at radius 3 is 2.20 bits per heavy atom. The van der Waals surface area contributed by atoms with Gasteiger partial charge in [0, 0.05) is 23.0 Å². The minimum atomic E-state index is -1.50. The molecule has 25 heavy (non-hydrogen) atoms. The predicted octanol–water partition coefficient (Wildman–Crippen LogP) is 4.13. The Morgan fingerprint density at radius 2 is 1.64 bits per heavy atom. The summed E-state index contributed by atoms with van der Waals surface area (Å²) < 4.78 is 19.5. The second-order valence-electron chi connectivity index (χ2n) is 6.72. The zero-order valence-electron chi connectivity index (χ0n) is 15.5. The molecule has 2 N–H and O–H groups in total. The maximum Gasteiger partial charge on any atom is 0.267 e. The lowest BCUT2D eigenvalue weighted by molar-refractivity contribution is 0.686. The Hall–Kier alpha value is -2.21. The lowest BCUT2D eigenvalue weighted by Crippen LogP contribution is -2.22. The van der Waals surface area contributed by atoms with Crippen molar-refractivity contribution in [3.05, 3.63) is 51.9 Å². The van der Waals surface area contributed by atoms with E-state index < -0.39 is 11.2 Å². The average molecular weight is 356 g/mol. The Kier molecular flexibility index (Phi) is 4.64. The fourth-order valence-corrected chi connectivity index (χ4v) is 3.95.